The highest BCUT2D eigenvalue weighted by molar-refractivity contribution is 7.09. The van der Waals surface area contributed by atoms with Crippen molar-refractivity contribution >= 4 is 34.8 Å². The zero-order valence-electron chi connectivity index (χ0n) is 10.9. The van der Waals surface area contributed by atoms with Crippen molar-refractivity contribution in [2.75, 3.05) is 12.4 Å². The summed E-state index contributed by atoms with van der Waals surface area (Å²) in [5.74, 6) is 0.347. The van der Waals surface area contributed by atoms with Gasteiger partial charge in [0.2, 0.25) is 17.7 Å². The van der Waals surface area contributed by atoms with Crippen LogP contribution in [-0.4, -0.2) is 23.0 Å². The number of carbonyl (C=O) groups is 1. The third-order valence-electron chi connectivity index (χ3n) is 2.54. The van der Waals surface area contributed by atoms with E-state index in [2.05, 4.69) is 21.4 Å². The number of hydrogen-bond acceptors (Lipinski definition) is 5. The molecule has 1 N–H and O–H groups in total. The van der Waals surface area contributed by atoms with Crippen molar-refractivity contribution in [3.05, 3.63) is 33.6 Å². The van der Waals surface area contributed by atoms with Crippen LogP contribution in [0, 0.1) is 0 Å². The first-order valence-electron chi connectivity index (χ1n) is 6.08. The predicted molar refractivity (Wildman–Crippen MR) is 79.5 cm³/mol. The molecule has 0 aliphatic rings. The first-order valence-corrected chi connectivity index (χ1v) is 7.34. The summed E-state index contributed by atoms with van der Waals surface area (Å²) in [7, 11) is 1.48. The molecule has 0 unspecified atom stereocenters. The van der Waals surface area contributed by atoms with Gasteiger partial charge in [0.1, 0.15) is 5.15 Å². The Hall–Kier alpha value is -1.66. The molecule has 2 rings (SSSR count). The number of thiophene rings is 1. The number of amides is 1. The summed E-state index contributed by atoms with van der Waals surface area (Å²) in [5.41, 5.74) is 0. The third kappa shape index (κ3) is 4.47. The van der Waals surface area contributed by atoms with E-state index in [9.17, 15) is 4.79 Å². The van der Waals surface area contributed by atoms with Gasteiger partial charge in [0, 0.05) is 17.4 Å². The quantitative estimate of drug-likeness (QED) is 0.832. The lowest BCUT2D eigenvalue weighted by atomic mass is 10.2. The van der Waals surface area contributed by atoms with E-state index in [1.54, 1.807) is 11.3 Å². The molecule has 0 fully saturated rings. The Morgan fingerprint density at radius 3 is 3.05 bits per heavy atom. The molecule has 0 aromatic carbocycles. The van der Waals surface area contributed by atoms with Crippen LogP contribution in [-0.2, 0) is 11.2 Å². The Morgan fingerprint density at radius 2 is 2.35 bits per heavy atom. The number of methoxy groups -OCH3 is 1. The molecule has 0 aliphatic heterocycles. The summed E-state index contributed by atoms with van der Waals surface area (Å²) >= 11 is 7.50. The molecule has 1 amide bonds. The molecule has 2 heterocycles. The molecule has 5 nitrogen and oxygen atoms in total. The van der Waals surface area contributed by atoms with Crippen molar-refractivity contribution in [2.45, 2.75) is 19.3 Å². The number of halogens is 1. The van der Waals surface area contributed by atoms with Gasteiger partial charge in [-0.3, -0.25) is 10.1 Å². The van der Waals surface area contributed by atoms with Crippen LogP contribution >= 0.6 is 22.9 Å². The number of aromatic nitrogens is 2. The normalized spacial score (nSPS) is 10.3. The van der Waals surface area contributed by atoms with Crippen LogP contribution in [0.3, 0.4) is 0 Å². The maximum atomic E-state index is 11.8. The van der Waals surface area contributed by atoms with Crippen LogP contribution in [0.5, 0.6) is 5.88 Å². The zero-order valence-corrected chi connectivity index (χ0v) is 12.5. The number of nitrogens with zero attached hydrogens (tertiary/aromatic N) is 2. The first-order chi connectivity index (χ1) is 9.67. The molecular formula is C13H14ClN3O2S. The lowest BCUT2D eigenvalue weighted by Crippen LogP contribution is -2.14. The van der Waals surface area contributed by atoms with Gasteiger partial charge >= 0.3 is 0 Å². The van der Waals surface area contributed by atoms with Crippen molar-refractivity contribution in [1.29, 1.82) is 0 Å². The van der Waals surface area contributed by atoms with Gasteiger partial charge in [0.25, 0.3) is 0 Å². The summed E-state index contributed by atoms with van der Waals surface area (Å²) in [4.78, 5) is 21.0. The Balaban J connectivity index is 1.83. The number of carbonyl (C=O) groups excluding carboxylic acids is 1. The minimum Gasteiger partial charge on any atom is -0.481 e. The fourth-order valence-electron chi connectivity index (χ4n) is 1.62. The SMILES string of the molecule is COc1cc(Cl)nc(NC(=O)CCCc2cccs2)n1. The largest absolute Gasteiger partial charge is 0.481 e. The first kappa shape index (κ1) is 14.7. The summed E-state index contributed by atoms with van der Waals surface area (Å²) in [6.45, 7) is 0. The van der Waals surface area contributed by atoms with E-state index in [1.165, 1.54) is 18.1 Å². The van der Waals surface area contributed by atoms with Gasteiger partial charge in [-0.25, -0.2) is 4.98 Å². The average Bonchev–Trinajstić information content (AvgIpc) is 2.91. The molecule has 0 saturated carbocycles. The average molecular weight is 312 g/mol. The molecule has 106 valence electrons. The second-order valence-electron chi connectivity index (χ2n) is 4.04. The van der Waals surface area contributed by atoms with Crippen molar-refractivity contribution in [3.63, 3.8) is 0 Å². The van der Waals surface area contributed by atoms with E-state index in [4.69, 9.17) is 16.3 Å². The molecule has 0 radical (unpaired) electrons. The van der Waals surface area contributed by atoms with Crippen molar-refractivity contribution in [2.24, 2.45) is 0 Å². The Labute approximate surface area is 126 Å². The smallest absolute Gasteiger partial charge is 0.234 e. The van der Waals surface area contributed by atoms with Gasteiger partial charge in [-0.05, 0) is 24.3 Å². The van der Waals surface area contributed by atoms with Crippen molar-refractivity contribution < 1.29 is 9.53 Å². The van der Waals surface area contributed by atoms with Crippen LogP contribution in [0.4, 0.5) is 5.95 Å². The van der Waals surface area contributed by atoms with Crippen LogP contribution in [0.2, 0.25) is 5.15 Å². The van der Waals surface area contributed by atoms with Crippen molar-refractivity contribution in [1.82, 2.24) is 9.97 Å². The number of anilines is 1. The van der Waals surface area contributed by atoms with E-state index in [-0.39, 0.29) is 17.0 Å². The lowest BCUT2D eigenvalue weighted by Gasteiger charge is -2.05. The molecule has 0 bridgehead atoms. The molecule has 20 heavy (non-hydrogen) atoms. The molecule has 0 aliphatic carbocycles. The van der Waals surface area contributed by atoms with E-state index >= 15 is 0 Å². The summed E-state index contributed by atoms with van der Waals surface area (Å²) < 4.78 is 4.96. The highest BCUT2D eigenvalue weighted by atomic mass is 35.5. The topological polar surface area (TPSA) is 64.1 Å². The Morgan fingerprint density at radius 1 is 1.50 bits per heavy atom. The van der Waals surface area contributed by atoms with Gasteiger partial charge in [-0.2, -0.15) is 4.98 Å². The van der Waals surface area contributed by atoms with E-state index in [0.717, 1.165) is 12.8 Å². The molecule has 0 atom stereocenters. The van der Waals surface area contributed by atoms with E-state index < -0.39 is 0 Å². The fraction of sp³-hybridized carbons (Fsp3) is 0.308. The van der Waals surface area contributed by atoms with Crippen molar-refractivity contribution in [3.8, 4) is 5.88 Å². The van der Waals surface area contributed by atoms with Crippen LogP contribution in [0.25, 0.3) is 0 Å². The highest BCUT2D eigenvalue weighted by Gasteiger charge is 2.08. The van der Waals surface area contributed by atoms with E-state index in [0.29, 0.717) is 12.3 Å². The second kappa shape index (κ2) is 7.21. The standard InChI is InChI=1S/C13H14ClN3O2S/c1-19-12-8-10(14)15-13(17-12)16-11(18)6-2-4-9-5-3-7-20-9/h3,5,7-8H,2,4,6H2,1H3,(H,15,16,17,18). The minimum absolute atomic E-state index is 0.133. The lowest BCUT2D eigenvalue weighted by molar-refractivity contribution is -0.116. The summed E-state index contributed by atoms with van der Waals surface area (Å²) in [6.07, 6.45) is 2.09. The maximum absolute atomic E-state index is 11.8. The molecular weight excluding hydrogens is 298 g/mol. The number of hydrogen-bond donors (Lipinski definition) is 1. The predicted octanol–water partition coefficient (Wildman–Crippen LogP) is 3.16. The van der Waals surface area contributed by atoms with Gasteiger partial charge in [0.15, 0.2) is 0 Å². The van der Waals surface area contributed by atoms with Gasteiger partial charge in [0.05, 0.1) is 7.11 Å². The Kier molecular flexibility index (Phi) is 5.31. The maximum Gasteiger partial charge on any atom is 0.234 e. The molecule has 7 heteroatoms. The monoisotopic (exact) mass is 311 g/mol. The van der Waals surface area contributed by atoms with Crippen LogP contribution in [0.1, 0.15) is 17.7 Å². The summed E-state index contributed by atoms with van der Waals surface area (Å²) in [5, 5.41) is 4.87. The van der Waals surface area contributed by atoms with Gasteiger partial charge in [-0.15, -0.1) is 11.3 Å². The molecule has 0 spiro atoms. The van der Waals surface area contributed by atoms with E-state index in [1.807, 2.05) is 11.4 Å². The zero-order chi connectivity index (χ0) is 14.4. The number of aryl methyl sites for hydroxylation is 1. The number of rotatable bonds is 6. The fourth-order valence-corrected chi connectivity index (χ4v) is 2.55. The van der Waals surface area contributed by atoms with Gasteiger partial charge in [-0.1, -0.05) is 17.7 Å². The van der Waals surface area contributed by atoms with Crippen LogP contribution in [0.15, 0.2) is 23.6 Å². The minimum atomic E-state index is -0.133. The van der Waals surface area contributed by atoms with Gasteiger partial charge < -0.3 is 4.74 Å². The molecule has 2 aromatic rings. The molecule has 2 aromatic heterocycles. The highest BCUT2D eigenvalue weighted by Crippen LogP contribution is 2.16. The molecule has 0 saturated heterocycles. The Bertz CT molecular complexity index is 575. The summed E-state index contributed by atoms with van der Waals surface area (Å²) in [6, 6.07) is 5.55. The van der Waals surface area contributed by atoms with Crippen LogP contribution < -0.4 is 10.1 Å². The third-order valence-corrected chi connectivity index (χ3v) is 3.67. The number of ether oxygens (including phenoxy) is 1. The number of nitrogens with one attached hydrogen (secondary N) is 1. The second-order valence-corrected chi connectivity index (χ2v) is 5.46.